The fourth-order valence-electron chi connectivity index (χ4n) is 12.8. The van der Waals surface area contributed by atoms with E-state index < -0.39 is 0 Å². The van der Waals surface area contributed by atoms with Gasteiger partial charge in [-0.2, -0.15) is 0 Å². The van der Waals surface area contributed by atoms with Crippen LogP contribution in [-0.4, -0.2) is 184 Å². The maximum Gasteiger partial charge on any atom is 0.255 e. The molecule has 25 nitrogen and oxygen atoms in total. The van der Waals surface area contributed by atoms with Gasteiger partial charge in [-0.1, -0.05) is 41.9 Å². The van der Waals surface area contributed by atoms with E-state index in [9.17, 15) is 23.2 Å². The van der Waals surface area contributed by atoms with Gasteiger partial charge < -0.3 is 81.3 Å². The second-order valence-electron chi connectivity index (χ2n) is 28.1. The monoisotopic (exact) mass is 1570 g/mol. The Morgan fingerprint density at radius 2 is 0.863 bits per heavy atom. The molecule has 0 radical (unpaired) electrons. The minimum Gasteiger partial charge on any atom is -0.493 e. The number of carbonyl (C=O) groups is 3. The average Bonchev–Trinajstić information content (AvgIpc) is 0.772. The maximum absolute atomic E-state index is 14.9. The van der Waals surface area contributed by atoms with Crippen LogP contribution in [0.3, 0.4) is 0 Å². The number of methoxy groups -OCH3 is 4. The highest BCUT2D eigenvalue weighted by Crippen LogP contribution is 2.36. The van der Waals surface area contributed by atoms with Gasteiger partial charge in [0.15, 0.2) is 23.0 Å². The Hall–Kier alpha value is -14.2. The zero-order valence-corrected chi connectivity index (χ0v) is 66.8. The topological polar surface area (TPSA) is 305 Å². The molecule has 0 unspecified atom stereocenters. The van der Waals surface area contributed by atoms with E-state index in [1.165, 1.54) is 12.1 Å². The summed E-state index contributed by atoms with van der Waals surface area (Å²) in [6.07, 6.45) is 3.29. The lowest BCUT2D eigenvalue weighted by Gasteiger charge is -2.34. The van der Waals surface area contributed by atoms with Crippen molar-refractivity contribution in [3.05, 3.63) is 243 Å². The van der Waals surface area contributed by atoms with Gasteiger partial charge in [0.05, 0.1) is 56.4 Å². The van der Waals surface area contributed by atoms with Crippen molar-refractivity contribution in [3.8, 4) is 64.3 Å². The van der Waals surface area contributed by atoms with Crippen LogP contribution in [0.25, 0.3) is 32.7 Å². The van der Waals surface area contributed by atoms with Gasteiger partial charge in [-0.05, 0) is 199 Å². The first-order chi connectivity index (χ1) is 56.4. The van der Waals surface area contributed by atoms with Crippen LogP contribution in [0.5, 0.6) is 28.7 Å². The lowest BCUT2D eigenvalue weighted by atomic mass is 10.0. The number of carbonyl (C=O) groups excluding carboxylic acids is 3. The predicted octanol–water partition coefficient (Wildman–Crippen LogP) is 12.3. The van der Waals surface area contributed by atoms with Gasteiger partial charge >= 0.3 is 0 Å². The number of halogens is 2. The number of benzene rings is 8. The number of likely N-dealkylation sites (N-methyl/N-ethyl adjacent to an activating group) is 3. The highest BCUT2D eigenvalue weighted by molar-refractivity contribution is 6.06. The Labute approximate surface area is 677 Å². The lowest BCUT2D eigenvalue weighted by molar-refractivity contribution is 0.101. The van der Waals surface area contributed by atoms with Crippen LogP contribution < -0.4 is 66.6 Å². The molecule has 2 fully saturated rings. The molecule has 4 aromatic heterocycles. The molecule has 0 atom stereocenters. The summed E-state index contributed by atoms with van der Waals surface area (Å²) in [7, 11) is 14.3. The van der Waals surface area contributed by atoms with Crippen molar-refractivity contribution < 1.29 is 46.8 Å². The minimum absolute atomic E-state index is 0.0738. The van der Waals surface area contributed by atoms with E-state index >= 15 is 0 Å². The summed E-state index contributed by atoms with van der Waals surface area (Å²) in [6, 6.07) is 43.5. The Morgan fingerprint density at radius 1 is 0.462 bits per heavy atom. The quantitative estimate of drug-likeness (QED) is 0.0490. The molecule has 3 amide bonds. The summed E-state index contributed by atoms with van der Waals surface area (Å²) < 4.78 is 57.1. The van der Waals surface area contributed by atoms with Crippen molar-refractivity contribution in [1.29, 1.82) is 0 Å². The summed E-state index contributed by atoms with van der Waals surface area (Å²) in [5, 5.41) is 10.7. The molecule has 27 heteroatoms. The van der Waals surface area contributed by atoms with Crippen molar-refractivity contribution in [2.24, 2.45) is 0 Å². The van der Waals surface area contributed by atoms with Gasteiger partial charge in [0, 0.05) is 150 Å². The highest BCUT2D eigenvalue weighted by Gasteiger charge is 2.22. The number of pyridine rings is 2. The number of anilines is 8. The minimum atomic E-state index is -0.367. The molecule has 0 spiro atoms. The third-order valence-corrected chi connectivity index (χ3v) is 19.6. The first-order valence-corrected chi connectivity index (χ1v) is 37.4. The number of aryl methyl sites for hydroxylation is 3. The van der Waals surface area contributed by atoms with Crippen LogP contribution in [0.2, 0.25) is 0 Å². The number of hydrogen-bond acceptors (Lipinski definition) is 22. The highest BCUT2D eigenvalue weighted by atomic mass is 19.1. The number of ether oxygens (including phenoxy) is 5. The van der Waals surface area contributed by atoms with Gasteiger partial charge in [-0.25, -0.2) is 33.7 Å². The molecule has 0 bridgehead atoms. The fraction of sp³-hybridized carbons (Fsp3) is 0.233. The summed E-state index contributed by atoms with van der Waals surface area (Å²) in [4.78, 5) is 75.3. The molecule has 0 saturated carbocycles. The number of rotatable bonds is 16. The predicted molar refractivity (Wildman–Crippen MR) is 456 cm³/mol. The third kappa shape index (κ3) is 20.6. The number of amides is 3. The summed E-state index contributed by atoms with van der Waals surface area (Å²) in [5.41, 5.74) is 29.7. The number of nitrogens with two attached hydrogens (primary N) is 3. The standard InChI is InChI=1S/C31H31FN6O3.C30H31N5O4.C29H27FN6O/c1-19-5-6-21(30(39)34-22-8-10-27(24(32)16-22)38-13-11-37(2)12-14-38)15-20(19)7-9-25-23-17-28(40-3)29(41-4)18-26(23)36-31(33)35-25;1-19-6-7-21(29(36)32-22-9-11-23(12-10-22)39-15-14-35(2)3)16-20(19)8-13-25-24-17-27(37-4)28(38-5)18-26(24)34-30(31)33-25;1-19-5-6-21(16-20(19)7-8-22-18-33-28(31)27-24(22)4-3-11-32-27)29(37)34-23-9-10-26(25(30)17-23)36-14-12-35(2)13-15-36/h5-6,8,10,15-18H,11-14H2,1-4H3,(H,34,39)(H2,33,35,36);6-7,9-12,16-18H,14-15H2,1-5H3,(H,32,36)(H2,31,33,34);3-6,9-11,16-18H,12-15H2,1-2H3,(H2,31,33)(H,34,37). The van der Waals surface area contributed by atoms with Crippen molar-refractivity contribution in [3.63, 3.8) is 0 Å². The van der Waals surface area contributed by atoms with Gasteiger partial charge in [0.1, 0.15) is 46.7 Å². The van der Waals surface area contributed by atoms with Crippen LogP contribution >= 0.6 is 0 Å². The Bertz CT molecular complexity index is 5940. The lowest BCUT2D eigenvalue weighted by Crippen LogP contribution is -2.44. The average molecular weight is 1570 g/mol. The molecule has 596 valence electrons. The second kappa shape index (κ2) is 37.6. The van der Waals surface area contributed by atoms with E-state index in [2.05, 4.69) is 110 Å². The third-order valence-electron chi connectivity index (χ3n) is 19.6. The molecule has 9 N–H and O–H groups in total. The molecule has 6 heterocycles. The van der Waals surface area contributed by atoms with Crippen molar-refractivity contribution >= 4 is 96.6 Å². The van der Waals surface area contributed by atoms with Gasteiger partial charge in [0.25, 0.3) is 17.7 Å². The number of nitrogens with zero attached hydrogens (tertiary/aromatic N) is 11. The number of aromatic nitrogens is 6. The molecule has 0 aliphatic carbocycles. The van der Waals surface area contributed by atoms with E-state index in [1.807, 2.05) is 99.3 Å². The number of nitrogen functional groups attached to an aromatic ring is 3. The SMILES string of the molecule is COc1cc2nc(N)nc(C#Cc3cc(C(=O)Nc4ccc(N5CCN(C)CC5)c(F)c4)ccc3C)c2cc1OC.COc1cc2nc(N)nc(C#Cc3cc(C(=O)Nc4ccc(OCCN(C)C)cc4)ccc3C)c2cc1OC.Cc1ccc(C(=O)Nc2ccc(N3CCN(C)CC3)c(F)c2)cc1C#Cc1cnc(N)c2ncccc12. The van der Waals surface area contributed by atoms with Crippen molar-refractivity contribution in [1.82, 2.24) is 44.6 Å². The molecule has 2 saturated heterocycles. The molecule has 117 heavy (non-hydrogen) atoms. The van der Waals surface area contributed by atoms with Gasteiger partial charge in [-0.15, -0.1) is 0 Å². The van der Waals surface area contributed by atoms with E-state index in [0.717, 1.165) is 86.7 Å². The zero-order valence-electron chi connectivity index (χ0n) is 66.8. The number of hydrogen-bond donors (Lipinski definition) is 6. The van der Waals surface area contributed by atoms with Gasteiger partial charge in [-0.3, -0.25) is 19.4 Å². The van der Waals surface area contributed by atoms with Gasteiger partial charge in [0.2, 0.25) is 11.9 Å². The molecule has 12 aromatic rings. The van der Waals surface area contributed by atoms with E-state index in [1.54, 1.807) is 126 Å². The number of fused-ring (bicyclic) bond motifs is 3. The van der Waals surface area contributed by atoms with E-state index in [0.29, 0.717) is 142 Å². The zero-order chi connectivity index (χ0) is 83.0. The number of nitrogens with one attached hydrogen (secondary N) is 3. The van der Waals surface area contributed by atoms with E-state index in [-0.39, 0.29) is 41.3 Å². The molecule has 14 rings (SSSR count). The van der Waals surface area contributed by atoms with Crippen molar-refractivity contribution in [2.45, 2.75) is 20.8 Å². The molecular weight excluding hydrogens is 1490 g/mol. The Kier molecular flexibility index (Phi) is 26.5. The van der Waals surface area contributed by atoms with Crippen LogP contribution in [0.4, 0.5) is 54.9 Å². The fourth-order valence-corrected chi connectivity index (χ4v) is 12.8. The normalized spacial score (nSPS) is 12.6. The Balaban J connectivity index is 0.000000162. The Morgan fingerprint density at radius 3 is 1.28 bits per heavy atom. The first kappa shape index (κ1) is 82.3. The molecule has 2 aliphatic heterocycles. The van der Waals surface area contributed by atoms with E-state index in [4.69, 9.17) is 40.9 Å². The van der Waals surface area contributed by atoms with Crippen LogP contribution in [0.1, 0.15) is 81.4 Å². The largest absolute Gasteiger partial charge is 0.493 e. The maximum atomic E-state index is 14.9. The summed E-state index contributed by atoms with van der Waals surface area (Å²) in [6.45, 7) is 13.7. The second-order valence-corrected chi connectivity index (χ2v) is 28.1. The van der Waals surface area contributed by atoms with Crippen LogP contribution in [-0.2, 0) is 0 Å². The number of piperazine rings is 2. The molecule has 2 aliphatic rings. The molecular formula is C90H89F2N17O8. The summed E-state index contributed by atoms with van der Waals surface area (Å²) >= 11 is 0. The summed E-state index contributed by atoms with van der Waals surface area (Å²) in [5.74, 6) is 20.4. The van der Waals surface area contributed by atoms with Crippen LogP contribution in [0.15, 0.2) is 164 Å². The molecule has 8 aromatic carbocycles. The van der Waals surface area contributed by atoms with Crippen LogP contribution in [0, 0.1) is 67.9 Å². The smallest absolute Gasteiger partial charge is 0.255 e. The van der Waals surface area contributed by atoms with Crippen molar-refractivity contribution in [2.75, 3.05) is 165 Å². The first-order valence-electron chi connectivity index (χ1n) is 37.4.